The smallest absolute Gasteiger partial charge is 0.0638 e. The molecule has 0 atom stereocenters. The van der Waals surface area contributed by atoms with E-state index < -0.39 is 0 Å². The fourth-order valence-electron chi connectivity index (χ4n) is 1.23. The molecular weight excluding hydrogens is 188 g/mol. The van der Waals surface area contributed by atoms with E-state index in [1.165, 1.54) is 0 Å². The number of rotatable bonds is 8. The highest BCUT2D eigenvalue weighted by Gasteiger charge is 2.19. The lowest BCUT2D eigenvalue weighted by molar-refractivity contribution is -0.0285. The zero-order valence-corrected chi connectivity index (χ0v) is 11.0. The lowest BCUT2D eigenvalue weighted by atomic mass is 10.0. The Morgan fingerprint density at radius 3 is 2.20 bits per heavy atom. The molecule has 0 aliphatic carbocycles. The van der Waals surface area contributed by atoms with Gasteiger partial charge in [-0.1, -0.05) is 6.92 Å². The van der Waals surface area contributed by atoms with Crippen LogP contribution in [0.5, 0.6) is 0 Å². The molecule has 0 fully saturated rings. The summed E-state index contributed by atoms with van der Waals surface area (Å²) in [6, 6.07) is 0. The van der Waals surface area contributed by atoms with Crippen LogP contribution in [0.3, 0.4) is 0 Å². The second kappa shape index (κ2) is 6.46. The molecule has 92 valence electrons. The summed E-state index contributed by atoms with van der Waals surface area (Å²) >= 11 is 0. The third-order valence-corrected chi connectivity index (χ3v) is 2.39. The van der Waals surface area contributed by atoms with E-state index in [9.17, 15) is 0 Å². The highest BCUT2D eigenvalue weighted by atomic mass is 16.5. The standard InChI is InChI=1S/C12H28N2O/c1-6-14-9-7-12(4,5)15-10-8-11(2,3)13/h14H,6-10,13H2,1-5H3. The molecule has 3 heteroatoms. The number of hydrogen-bond donors (Lipinski definition) is 2. The highest BCUT2D eigenvalue weighted by Crippen LogP contribution is 2.15. The first-order chi connectivity index (χ1) is 6.77. The Kier molecular flexibility index (Phi) is 6.41. The van der Waals surface area contributed by atoms with Crippen molar-refractivity contribution in [2.45, 2.75) is 58.6 Å². The minimum absolute atomic E-state index is 0.0482. The van der Waals surface area contributed by atoms with Crippen LogP contribution in [0.1, 0.15) is 47.5 Å². The predicted octanol–water partition coefficient (Wildman–Crippen LogP) is 1.91. The maximum absolute atomic E-state index is 5.89. The van der Waals surface area contributed by atoms with Gasteiger partial charge in [-0.3, -0.25) is 0 Å². The van der Waals surface area contributed by atoms with E-state index in [4.69, 9.17) is 10.5 Å². The van der Waals surface area contributed by atoms with Crippen molar-refractivity contribution in [1.82, 2.24) is 5.32 Å². The molecule has 0 bridgehead atoms. The van der Waals surface area contributed by atoms with Crippen LogP contribution in [-0.4, -0.2) is 30.8 Å². The van der Waals surface area contributed by atoms with E-state index in [0.29, 0.717) is 0 Å². The molecule has 0 rings (SSSR count). The molecule has 0 spiro atoms. The van der Waals surface area contributed by atoms with Gasteiger partial charge in [0.25, 0.3) is 0 Å². The Balaban J connectivity index is 3.64. The van der Waals surface area contributed by atoms with Crippen LogP contribution < -0.4 is 11.1 Å². The summed E-state index contributed by atoms with van der Waals surface area (Å²) < 4.78 is 5.83. The lowest BCUT2D eigenvalue weighted by Crippen LogP contribution is -2.36. The second-order valence-corrected chi connectivity index (χ2v) is 5.45. The Bertz CT molecular complexity index is 161. The van der Waals surface area contributed by atoms with Gasteiger partial charge < -0.3 is 15.8 Å². The van der Waals surface area contributed by atoms with Gasteiger partial charge in [0.15, 0.2) is 0 Å². The molecule has 0 amide bonds. The maximum atomic E-state index is 5.89. The molecule has 0 aromatic rings. The molecule has 15 heavy (non-hydrogen) atoms. The summed E-state index contributed by atoms with van der Waals surface area (Å²) in [5.74, 6) is 0. The van der Waals surface area contributed by atoms with Gasteiger partial charge in [0.2, 0.25) is 0 Å². The number of nitrogens with one attached hydrogen (secondary N) is 1. The minimum Gasteiger partial charge on any atom is -0.375 e. The van der Waals surface area contributed by atoms with Gasteiger partial charge in [-0.05, 0) is 53.6 Å². The third kappa shape index (κ3) is 10.2. The van der Waals surface area contributed by atoms with Gasteiger partial charge in [0.1, 0.15) is 0 Å². The molecule has 0 aromatic carbocycles. The molecule has 0 aliphatic rings. The molecule has 3 nitrogen and oxygen atoms in total. The number of hydrogen-bond acceptors (Lipinski definition) is 3. The van der Waals surface area contributed by atoms with Crippen molar-refractivity contribution >= 4 is 0 Å². The van der Waals surface area contributed by atoms with Gasteiger partial charge in [-0.25, -0.2) is 0 Å². The van der Waals surface area contributed by atoms with Crippen molar-refractivity contribution in [2.75, 3.05) is 19.7 Å². The second-order valence-electron chi connectivity index (χ2n) is 5.45. The van der Waals surface area contributed by atoms with E-state index in [1.54, 1.807) is 0 Å². The molecule has 0 aliphatic heterocycles. The maximum Gasteiger partial charge on any atom is 0.0638 e. The Hall–Kier alpha value is -0.120. The fourth-order valence-corrected chi connectivity index (χ4v) is 1.23. The largest absolute Gasteiger partial charge is 0.375 e. The van der Waals surface area contributed by atoms with E-state index in [-0.39, 0.29) is 11.1 Å². The summed E-state index contributed by atoms with van der Waals surface area (Å²) in [6.07, 6.45) is 1.93. The molecule has 0 aromatic heterocycles. The van der Waals surface area contributed by atoms with E-state index in [0.717, 1.165) is 32.5 Å². The van der Waals surface area contributed by atoms with Crippen LogP contribution in [0.4, 0.5) is 0 Å². The number of ether oxygens (including phenoxy) is 1. The van der Waals surface area contributed by atoms with Gasteiger partial charge in [-0.15, -0.1) is 0 Å². The number of nitrogens with two attached hydrogens (primary N) is 1. The summed E-state index contributed by atoms with van der Waals surface area (Å²) in [7, 11) is 0. The fraction of sp³-hybridized carbons (Fsp3) is 1.00. The first-order valence-electron chi connectivity index (χ1n) is 5.90. The van der Waals surface area contributed by atoms with Gasteiger partial charge in [0, 0.05) is 12.1 Å². The molecule has 0 unspecified atom stereocenters. The molecule has 0 radical (unpaired) electrons. The molecule has 0 saturated heterocycles. The molecular formula is C12H28N2O. The molecule has 3 N–H and O–H groups in total. The van der Waals surface area contributed by atoms with Crippen molar-refractivity contribution in [2.24, 2.45) is 5.73 Å². The molecule has 0 saturated carbocycles. The first kappa shape index (κ1) is 14.9. The summed E-state index contributed by atoms with van der Waals surface area (Å²) in [4.78, 5) is 0. The van der Waals surface area contributed by atoms with Crippen LogP contribution in [0.2, 0.25) is 0 Å². The van der Waals surface area contributed by atoms with Crippen LogP contribution in [0, 0.1) is 0 Å². The van der Waals surface area contributed by atoms with Crippen LogP contribution in [0.15, 0.2) is 0 Å². The van der Waals surface area contributed by atoms with Crippen molar-refractivity contribution in [1.29, 1.82) is 0 Å². The molecule has 0 heterocycles. The van der Waals surface area contributed by atoms with E-state index in [1.807, 2.05) is 13.8 Å². The first-order valence-corrected chi connectivity index (χ1v) is 5.90. The quantitative estimate of drug-likeness (QED) is 0.609. The Morgan fingerprint density at radius 2 is 1.73 bits per heavy atom. The lowest BCUT2D eigenvalue weighted by Gasteiger charge is -2.27. The Morgan fingerprint density at radius 1 is 1.13 bits per heavy atom. The minimum atomic E-state index is -0.127. The van der Waals surface area contributed by atoms with Crippen molar-refractivity contribution in [3.63, 3.8) is 0 Å². The van der Waals surface area contributed by atoms with Crippen molar-refractivity contribution < 1.29 is 4.74 Å². The van der Waals surface area contributed by atoms with Crippen LogP contribution in [0.25, 0.3) is 0 Å². The van der Waals surface area contributed by atoms with Gasteiger partial charge >= 0.3 is 0 Å². The zero-order chi connectivity index (χ0) is 11.9. The van der Waals surface area contributed by atoms with E-state index in [2.05, 4.69) is 26.1 Å². The highest BCUT2D eigenvalue weighted by molar-refractivity contribution is 4.74. The van der Waals surface area contributed by atoms with Crippen molar-refractivity contribution in [3.05, 3.63) is 0 Å². The summed E-state index contributed by atoms with van der Waals surface area (Å²) in [6.45, 7) is 13.2. The average molecular weight is 216 g/mol. The SMILES string of the molecule is CCNCCC(C)(C)OCCC(C)(C)N. The predicted molar refractivity (Wildman–Crippen MR) is 66.1 cm³/mol. The monoisotopic (exact) mass is 216 g/mol. The van der Waals surface area contributed by atoms with Crippen molar-refractivity contribution in [3.8, 4) is 0 Å². The van der Waals surface area contributed by atoms with E-state index >= 15 is 0 Å². The Labute approximate surface area is 94.8 Å². The summed E-state index contributed by atoms with van der Waals surface area (Å²) in [5, 5.41) is 3.31. The van der Waals surface area contributed by atoms with Crippen LogP contribution >= 0.6 is 0 Å². The third-order valence-electron chi connectivity index (χ3n) is 2.39. The van der Waals surface area contributed by atoms with Gasteiger partial charge in [0.05, 0.1) is 5.60 Å². The topological polar surface area (TPSA) is 47.3 Å². The zero-order valence-electron chi connectivity index (χ0n) is 11.0. The normalized spacial score (nSPS) is 13.2. The van der Waals surface area contributed by atoms with Crippen LogP contribution in [-0.2, 0) is 4.74 Å². The summed E-state index contributed by atoms with van der Waals surface area (Å²) in [5.41, 5.74) is 5.72. The average Bonchev–Trinajstić information content (AvgIpc) is 2.01. The van der Waals surface area contributed by atoms with Gasteiger partial charge in [-0.2, -0.15) is 0 Å².